The molecule has 0 bridgehead atoms. The van der Waals surface area contributed by atoms with E-state index in [9.17, 15) is 4.79 Å². The molecule has 1 fully saturated rings. The molecule has 3 rings (SSSR count). The summed E-state index contributed by atoms with van der Waals surface area (Å²) in [6.45, 7) is 2.17. The summed E-state index contributed by atoms with van der Waals surface area (Å²) in [7, 11) is 0. The van der Waals surface area contributed by atoms with E-state index in [4.69, 9.17) is 0 Å². The molecule has 2 heterocycles. The Morgan fingerprint density at radius 3 is 3.00 bits per heavy atom. The van der Waals surface area contributed by atoms with Crippen LogP contribution in [-0.2, 0) is 4.79 Å². The average molecular weight is 215 g/mol. The van der Waals surface area contributed by atoms with E-state index in [-0.39, 0.29) is 0 Å². The third-order valence-electron chi connectivity index (χ3n) is 3.90. The van der Waals surface area contributed by atoms with Gasteiger partial charge in [-0.3, -0.25) is 4.79 Å². The molecule has 3 aliphatic rings. The van der Waals surface area contributed by atoms with Crippen LogP contribution in [-0.4, -0.2) is 22.8 Å². The van der Waals surface area contributed by atoms with E-state index in [1.165, 1.54) is 12.1 Å². The summed E-state index contributed by atoms with van der Waals surface area (Å²) in [6, 6.07) is 0.838. The van der Waals surface area contributed by atoms with Crippen LogP contribution in [0.5, 0.6) is 0 Å². The van der Waals surface area contributed by atoms with Crippen molar-refractivity contribution in [1.29, 1.82) is 0 Å². The second kappa shape index (κ2) is 3.62. The number of nitrogens with zero attached hydrogens (tertiary/aromatic N) is 1. The van der Waals surface area contributed by atoms with Gasteiger partial charge in [-0.15, -0.1) is 0 Å². The molecule has 2 nitrogen and oxygen atoms in total. The number of allylic oxidation sites excluding steroid dienone is 4. The number of piperidine rings is 1. The predicted octanol–water partition coefficient (Wildman–Crippen LogP) is 2.44. The van der Waals surface area contributed by atoms with E-state index in [0.717, 1.165) is 6.42 Å². The van der Waals surface area contributed by atoms with Crippen LogP contribution in [0.3, 0.4) is 0 Å². The van der Waals surface area contributed by atoms with Crippen molar-refractivity contribution in [2.45, 2.75) is 38.3 Å². The van der Waals surface area contributed by atoms with Gasteiger partial charge in [-0.05, 0) is 19.8 Å². The molecule has 0 aromatic carbocycles. The minimum Gasteiger partial charge on any atom is -0.365 e. The predicted molar refractivity (Wildman–Crippen MR) is 63.8 cm³/mol. The second-order valence-electron chi connectivity index (χ2n) is 5.03. The first-order chi connectivity index (χ1) is 7.75. The fourth-order valence-corrected chi connectivity index (χ4v) is 3.20. The average Bonchev–Trinajstić information content (AvgIpc) is 2.28. The Bertz CT molecular complexity index is 405. The topological polar surface area (TPSA) is 20.3 Å². The lowest BCUT2D eigenvalue weighted by atomic mass is 9.81. The van der Waals surface area contributed by atoms with E-state index >= 15 is 0 Å². The molecule has 0 saturated carbocycles. The number of hydrogen-bond acceptors (Lipinski definition) is 2. The van der Waals surface area contributed by atoms with Gasteiger partial charge in [-0.25, -0.2) is 0 Å². The molecule has 3 atom stereocenters. The normalized spacial score (nSPS) is 36.8. The molecule has 0 radical (unpaired) electrons. The van der Waals surface area contributed by atoms with Crippen molar-refractivity contribution < 1.29 is 4.79 Å². The number of rotatable bonds is 0. The zero-order valence-corrected chi connectivity index (χ0v) is 9.60. The molecule has 0 spiro atoms. The van der Waals surface area contributed by atoms with E-state index < -0.39 is 0 Å². The summed E-state index contributed by atoms with van der Waals surface area (Å²) in [5.41, 5.74) is 1.25. The lowest BCUT2D eigenvalue weighted by molar-refractivity contribution is -0.116. The first kappa shape index (κ1) is 9.88. The van der Waals surface area contributed by atoms with Crippen LogP contribution in [0, 0.1) is 5.92 Å². The van der Waals surface area contributed by atoms with E-state index in [2.05, 4.69) is 36.1 Å². The summed E-state index contributed by atoms with van der Waals surface area (Å²) < 4.78 is 0. The number of ketones is 1. The van der Waals surface area contributed by atoms with Crippen molar-refractivity contribution in [3.8, 4) is 0 Å². The Morgan fingerprint density at radius 1 is 1.31 bits per heavy atom. The van der Waals surface area contributed by atoms with E-state index in [1.54, 1.807) is 0 Å². The lowest BCUT2D eigenvalue weighted by Crippen LogP contribution is -2.49. The molecule has 16 heavy (non-hydrogen) atoms. The molecule has 0 N–H and O–H groups in total. The molecule has 2 aliphatic heterocycles. The molecule has 84 valence electrons. The zero-order valence-electron chi connectivity index (χ0n) is 9.60. The maximum absolute atomic E-state index is 11.6. The maximum Gasteiger partial charge on any atom is 0.159 e. The van der Waals surface area contributed by atoms with Crippen LogP contribution >= 0.6 is 0 Å². The first-order valence-corrected chi connectivity index (χ1v) is 6.12. The molecule has 1 saturated heterocycles. The van der Waals surface area contributed by atoms with Gasteiger partial charge in [0.2, 0.25) is 0 Å². The van der Waals surface area contributed by atoms with Crippen molar-refractivity contribution in [3.05, 3.63) is 36.1 Å². The number of hydrogen-bond donors (Lipinski definition) is 0. The van der Waals surface area contributed by atoms with Crippen molar-refractivity contribution in [3.63, 3.8) is 0 Å². The van der Waals surface area contributed by atoms with Crippen molar-refractivity contribution in [1.82, 2.24) is 4.90 Å². The van der Waals surface area contributed by atoms with E-state index in [1.807, 2.05) is 6.08 Å². The summed E-state index contributed by atoms with van der Waals surface area (Å²) >= 11 is 0. The first-order valence-electron chi connectivity index (χ1n) is 6.12. The maximum atomic E-state index is 11.6. The smallest absolute Gasteiger partial charge is 0.159 e. The monoisotopic (exact) mass is 215 g/mol. The molecule has 3 unspecified atom stereocenters. The Kier molecular flexibility index (Phi) is 2.23. The largest absolute Gasteiger partial charge is 0.365 e. The standard InChI is InChI=1S/C14H17NO/c1-10-8-13(16)9-12-7-6-11-4-2-3-5-14(11)15(10)12/h2-5,9-11,14H,6-8H2,1H3. The van der Waals surface area contributed by atoms with Gasteiger partial charge in [0.1, 0.15) is 0 Å². The summed E-state index contributed by atoms with van der Waals surface area (Å²) in [5.74, 6) is 0.935. The van der Waals surface area contributed by atoms with Gasteiger partial charge in [-0.2, -0.15) is 0 Å². The van der Waals surface area contributed by atoms with Gasteiger partial charge in [0.05, 0.1) is 6.04 Å². The summed E-state index contributed by atoms with van der Waals surface area (Å²) in [6.07, 6.45) is 13.6. The van der Waals surface area contributed by atoms with Gasteiger partial charge >= 0.3 is 0 Å². The lowest BCUT2D eigenvalue weighted by Gasteiger charge is -2.47. The van der Waals surface area contributed by atoms with Crippen LogP contribution < -0.4 is 0 Å². The molecule has 0 aromatic rings. The number of carbonyl (C=O) groups excluding carboxylic acids is 1. The fraction of sp³-hybridized carbons (Fsp3) is 0.500. The summed E-state index contributed by atoms with van der Waals surface area (Å²) in [4.78, 5) is 14.0. The fourth-order valence-electron chi connectivity index (χ4n) is 3.20. The quantitative estimate of drug-likeness (QED) is 0.618. The molecule has 2 heteroatoms. The summed E-state index contributed by atoms with van der Waals surface area (Å²) in [5, 5.41) is 0. The molecular formula is C14H17NO. The molecule has 1 aliphatic carbocycles. The SMILES string of the molecule is CC1CC(=O)C=C2CCC3C=CC=CC3N21. The minimum absolute atomic E-state index is 0.299. The van der Waals surface area contributed by atoms with E-state index in [0.29, 0.717) is 30.2 Å². The molecular weight excluding hydrogens is 198 g/mol. The number of carbonyl (C=O) groups is 1. The van der Waals surface area contributed by atoms with Crippen LogP contribution in [0.4, 0.5) is 0 Å². The molecule has 0 aromatic heterocycles. The second-order valence-corrected chi connectivity index (χ2v) is 5.03. The highest BCUT2D eigenvalue weighted by Crippen LogP contribution is 2.37. The van der Waals surface area contributed by atoms with Crippen molar-refractivity contribution in [2.24, 2.45) is 5.92 Å². The van der Waals surface area contributed by atoms with Gasteiger partial charge in [-0.1, -0.05) is 24.3 Å². The Labute approximate surface area is 96.3 Å². The van der Waals surface area contributed by atoms with Crippen LogP contribution in [0.15, 0.2) is 36.1 Å². The Hall–Kier alpha value is -1.31. The van der Waals surface area contributed by atoms with Crippen LogP contribution in [0.25, 0.3) is 0 Å². The highest BCUT2D eigenvalue weighted by molar-refractivity contribution is 5.91. The highest BCUT2D eigenvalue weighted by Gasteiger charge is 2.36. The Morgan fingerprint density at radius 2 is 2.12 bits per heavy atom. The zero-order chi connectivity index (χ0) is 11.1. The third-order valence-corrected chi connectivity index (χ3v) is 3.90. The number of fused-ring (bicyclic) bond motifs is 3. The van der Waals surface area contributed by atoms with Gasteiger partial charge in [0.15, 0.2) is 5.78 Å². The van der Waals surface area contributed by atoms with Gasteiger partial charge in [0, 0.05) is 30.2 Å². The van der Waals surface area contributed by atoms with Crippen molar-refractivity contribution in [2.75, 3.05) is 0 Å². The minimum atomic E-state index is 0.299. The van der Waals surface area contributed by atoms with Gasteiger partial charge < -0.3 is 4.90 Å². The Balaban J connectivity index is 1.96. The molecule has 0 amide bonds. The van der Waals surface area contributed by atoms with Crippen LogP contribution in [0.2, 0.25) is 0 Å². The van der Waals surface area contributed by atoms with Gasteiger partial charge in [0.25, 0.3) is 0 Å². The van der Waals surface area contributed by atoms with Crippen molar-refractivity contribution >= 4 is 5.78 Å². The van der Waals surface area contributed by atoms with Crippen LogP contribution in [0.1, 0.15) is 26.2 Å². The highest BCUT2D eigenvalue weighted by atomic mass is 16.1. The third kappa shape index (κ3) is 1.44.